The predicted molar refractivity (Wildman–Crippen MR) is 70.4 cm³/mol. The van der Waals surface area contributed by atoms with Gasteiger partial charge in [0.1, 0.15) is 17.1 Å². The lowest BCUT2D eigenvalue weighted by molar-refractivity contribution is 0.0698. The number of carbonyl (C=O) groups is 1. The third kappa shape index (κ3) is 2.95. The van der Waals surface area contributed by atoms with Crippen molar-refractivity contribution in [3.8, 4) is 5.75 Å². The van der Waals surface area contributed by atoms with Gasteiger partial charge in [0.15, 0.2) is 0 Å². The number of nitrogens with zero attached hydrogens (tertiary/aromatic N) is 2. The van der Waals surface area contributed by atoms with E-state index in [1.54, 1.807) is 30.3 Å². The molecule has 0 aliphatic heterocycles. The summed E-state index contributed by atoms with van der Waals surface area (Å²) in [7, 11) is 0. The van der Waals surface area contributed by atoms with E-state index in [9.17, 15) is 9.90 Å². The zero-order valence-corrected chi connectivity index (χ0v) is 10.2. The maximum Gasteiger partial charge on any atom is 0.337 e. The molecule has 5 nitrogen and oxygen atoms in total. The third-order valence-electron chi connectivity index (χ3n) is 2.53. The average Bonchev–Trinajstić information content (AvgIpc) is 2.40. The van der Waals surface area contributed by atoms with Gasteiger partial charge in [0.2, 0.25) is 0 Å². The van der Waals surface area contributed by atoms with E-state index in [1.807, 2.05) is 6.92 Å². The number of aromatic hydroxyl groups is 1. The molecule has 0 fully saturated rings. The molecular formula is C14H12N2O3. The van der Waals surface area contributed by atoms with Crippen LogP contribution in [0.25, 0.3) is 0 Å². The summed E-state index contributed by atoms with van der Waals surface area (Å²) in [6.45, 7) is 1.86. The van der Waals surface area contributed by atoms with Crippen molar-refractivity contribution in [3.05, 3.63) is 53.6 Å². The summed E-state index contributed by atoms with van der Waals surface area (Å²) in [5, 5.41) is 26.4. The van der Waals surface area contributed by atoms with E-state index < -0.39 is 5.97 Å². The van der Waals surface area contributed by atoms with Crippen LogP contribution in [-0.2, 0) is 0 Å². The molecule has 5 heteroatoms. The Morgan fingerprint density at radius 2 is 1.74 bits per heavy atom. The fraction of sp³-hybridized carbons (Fsp3) is 0.0714. The van der Waals surface area contributed by atoms with Crippen LogP contribution in [0.3, 0.4) is 0 Å². The van der Waals surface area contributed by atoms with Gasteiger partial charge in [0.25, 0.3) is 0 Å². The zero-order valence-electron chi connectivity index (χ0n) is 10.2. The first-order valence-electron chi connectivity index (χ1n) is 5.61. The molecule has 0 aliphatic rings. The molecule has 0 bridgehead atoms. The minimum Gasteiger partial charge on any atom is -0.506 e. The summed E-state index contributed by atoms with van der Waals surface area (Å²) in [6.07, 6.45) is 0. The Hall–Kier alpha value is -2.69. The number of carboxylic acid groups (broad SMARTS) is 1. The van der Waals surface area contributed by atoms with Gasteiger partial charge in [-0.05, 0) is 36.8 Å². The van der Waals surface area contributed by atoms with Crippen LogP contribution in [0.2, 0.25) is 0 Å². The second-order valence-corrected chi connectivity index (χ2v) is 4.01. The summed E-state index contributed by atoms with van der Waals surface area (Å²) >= 11 is 0. The van der Waals surface area contributed by atoms with Gasteiger partial charge in [0.05, 0.1) is 5.56 Å². The number of aryl methyl sites for hydroxylation is 1. The van der Waals surface area contributed by atoms with Crippen molar-refractivity contribution in [2.45, 2.75) is 6.92 Å². The summed E-state index contributed by atoms with van der Waals surface area (Å²) in [4.78, 5) is 11.0. The van der Waals surface area contributed by atoms with Crippen LogP contribution < -0.4 is 0 Å². The lowest BCUT2D eigenvalue weighted by Crippen LogP contribution is -1.95. The Bertz CT molecular complexity index is 651. The van der Waals surface area contributed by atoms with Crippen molar-refractivity contribution in [2.75, 3.05) is 0 Å². The number of phenolic OH excluding ortho intramolecular Hbond substituents is 1. The van der Waals surface area contributed by atoms with Gasteiger partial charge in [-0.15, -0.1) is 10.2 Å². The molecule has 2 aromatic carbocycles. The highest BCUT2D eigenvalue weighted by Gasteiger charge is 2.08. The van der Waals surface area contributed by atoms with Crippen LogP contribution in [0.4, 0.5) is 11.4 Å². The fourth-order valence-corrected chi connectivity index (χ4v) is 1.56. The van der Waals surface area contributed by atoms with Gasteiger partial charge in [0, 0.05) is 0 Å². The van der Waals surface area contributed by atoms with E-state index in [4.69, 9.17) is 5.11 Å². The highest BCUT2D eigenvalue weighted by Crippen LogP contribution is 2.29. The van der Waals surface area contributed by atoms with Crippen molar-refractivity contribution in [3.63, 3.8) is 0 Å². The minimum atomic E-state index is -1.07. The number of hydrogen-bond acceptors (Lipinski definition) is 4. The Morgan fingerprint density at radius 3 is 2.47 bits per heavy atom. The number of hydrogen-bond donors (Lipinski definition) is 2. The van der Waals surface area contributed by atoms with E-state index in [-0.39, 0.29) is 17.0 Å². The maximum absolute atomic E-state index is 11.0. The van der Waals surface area contributed by atoms with Crippen LogP contribution in [0, 0.1) is 6.92 Å². The number of carboxylic acids is 1. The van der Waals surface area contributed by atoms with Crippen molar-refractivity contribution < 1.29 is 15.0 Å². The van der Waals surface area contributed by atoms with Crippen molar-refractivity contribution >= 4 is 17.3 Å². The summed E-state index contributed by atoms with van der Waals surface area (Å²) < 4.78 is 0. The largest absolute Gasteiger partial charge is 0.506 e. The van der Waals surface area contributed by atoms with Gasteiger partial charge in [-0.3, -0.25) is 0 Å². The smallest absolute Gasteiger partial charge is 0.337 e. The maximum atomic E-state index is 11.0. The molecule has 0 aliphatic carbocycles. The number of azo groups is 1. The molecule has 2 N–H and O–H groups in total. The fourth-order valence-electron chi connectivity index (χ4n) is 1.56. The monoisotopic (exact) mass is 256 g/mol. The van der Waals surface area contributed by atoms with Crippen LogP contribution in [-0.4, -0.2) is 16.2 Å². The second-order valence-electron chi connectivity index (χ2n) is 4.01. The zero-order chi connectivity index (χ0) is 13.8. The van der Waals surface area contributed by atoms with Crippen LogP contribution in [0.1, 0.15) is 15.9 Å². The first-order chi connectivity index (χ1) is 9.08. The molecule has 19 heavy (non-hydrogen) atoms. The number of benzene rings is 2. The summed E-state index contributed by atoms with van der Waals surface area (Å²) in [5.74, 6) is -1.06. The molecule has 0 heterocycles. The van der Waals surface area contributed by atoms with Gasteiger partial charge < -0.3 is 10.2 Å². The first kappa shape index (κ1) is 12.8. The Morgan fingerprint density at radius 1 is 1.05 bits per heavy atom. The third-order valence-corrected chi connectivity index (χ3v) is 2.53. The molecule has 2 rings (SSSR count). The molecular weight excluding hydrogens is 244 g/mol. The Kier molecular flexibility index (Phi) is 3.56. The van der Waals surface area contributed by atoms with E-state index in [1.165, 1.54) is 12.1 Å². The van der Waals surface area contributed by atoms with Crippen LogP contribution in [0.15, 0.2) is 52.7 Å². The Labute approximate surface area is 109 Å². The molecule has 0 saturated heterocycles. The van der Waals surface area contributed by atoms with Gasteiger partial charge in [-0.1, -0.05) is 18.2 Å². The Balaban J connectivity index is 2.38. The van der Waals surface area contributed by atoms with Crippen molar-refractivity contribution in [2.24, 2.45) is 10.2 Å². The van der Waals surface area contributed by atoms with Crippen LogP contribution >= 0.6 is 0 Å². The molecule has 0 amide bonds. The minimum absolute atomic E-state index is 0.00200. The van der Waals surface area contributed by atoms with E-state index in [2.05, 4.69) is 10.2 Å². The topological polar surface area (TPSA) is 82.2 Å². The summed E-state index contributed by atoms with van der Waals surface area (Å²) in [6, 6.07) is 11.2. The average molecular weight is 256 g/mol. The summed E-state index contributed by atoms with van der Waals surface area (Å²) in [5.41, 5.74) is 1.55. The molecule has 0 spiro atoms. The SMILES string of the molecule is Cc1ccc(O)c(N=Nc2ccccc2C(=O)O)c1. The van der Waals surface area contributed by atoms with Gasteiger partial charge >= 0.3 is 5.97 Å². The van der Waals surface area contributed by atoms with Gasteiger partial charge in [-0.2, -0.15) is 0 Å². The van der Waals surface area contributed by atoms with Gasteiger partial charge in [-0.25, -0.2) is 4.79 Å². The van der Waals surface area contributed by atoms with E-state index in [0.29, 0.717) is 5.69 Å². The van der Waals surface area contributed by atoms with Crippen LogP contribution in [0.5, 0.6) is 5.75 Å². The lowest BCUT2D eigenvalue weighted by Gasteiger charge is -2.01. The first-order valence-corrected chi connectivity index (χ1v) is 5.61. The molecule has 0 saturated carbocycles. The molecule has 0 unspecified atom stereocenters. The van der Waals surface area contributed by atoms with Crippen molar-refractivity contribution in [1.82, 2.24) is 0 Å². The van der Waals surface area contributed by atoms with E-state index >= 15 is 0 Å². The number of phenols is 1. The normalized spacial score (nSPS) is 10.8. The molecule has 0 aromatic heterocycles. The molecule has 0 atom stereocenters. The number of rotatable bonds is 3. The standard InChI is InChI=1S/C14H12N2O3/c1-9-6-7-13(17)12(8-9)16-15-11-5-3-2-4-10(11)14(18)19/h2-8,17H,1H3,(H,18,19). The molecule has 0 radical (unpaired) electrons. The quantitative estimate of drug-likeness (QED) is 0.819. The van der Waals surface area contributed by atoms with Crippen molar-refractivity contribution in [1.29, 1.82) is 0 Å². The van der Waals surface area contributed by atoms with E-state index in [0.717, 1.165) is 5.56 Å². The highest BCUT2D eigenvalue weighted by atomic mass is 16.4. The second kappa shape index (κ2) is 5.30. The highest BCUT2D eigenvalue weighted by molar-refractivity contribution is 5.93. The predicted octanol–water partition coefficient (Wildman–Crippen LogP) is 3.81. The molecule has 2 aromatic rings. The lowest BCUT2D eigenvalue weighted by atomic mass is 10.2. The number of aromatic carboxylic acids is 1. The molecule has 96 valence electrons.